The van der Waals surface area contributed by atoms with Crippen molar-refractivity contribution in [1.82, 2.24) is 15.6 Å². The summed E-state index contributed by atoms with van der Waals surface area (Å²) in [6.07, 6.45) is 4.94. The molecule has 1 amide bonds. The second-order valence-corrected chi connectivity index (χ2v) is 6.58. The van der Waals surface area contributed by atoms with Crippen LogP contribution in [0.1, 0.15) is 25.2 Å². The van der Waals surface area contributed by atoms with E-state index in [9.17, 15) is 4.79 Å². The highest BCUT2D eigenvalue weighted by atomic mass is 35.5. The minimum Gasteiger partial charge on any atom is -0.441 e. The Bertz CT molecular complexity index is 671. The molecule has 26 heavy (non-hydrogen) atoms. The molecule has 2 heterocycles. The van der Waals surface area contributed by atoms with Crippen LogP contribution < -0.4 is 10.6 Å². The quantitative estimate of drug-likeness (QED) is 0.744. The minimum atomic E-state index is 0. The van der Waals surface area contributed by atoms with Gasteiger partial charge in [-0.05, 0) is 56.1 Å². The molecule has 1 saturated heterocycles. The summed E-state index contributed by atoms with van der Waals surface area (Å²) in [7, 11) is 0. The number of aromatic nitrogens is 1. The van der Waals surface area contributed by atoms with Gasteiger partial charge < -0.3 is 15.1 Å². The van der Waals surface area contributed by atoms with Crippen LogP contribution in [-0.4, -0.2) is 30.5 Å². The number of aryl methyl sites for hydroxylation is 1. The molecule has 1 atom stereocenters. The van der Waals surface area contributed by atoms with Crippen LogP contribution >= 0.6 is 36.4 Å². The van der Waals surface area contributed by atoms with E-state index in [1.165, 1.54) is 12.8 Å². The molecule has 1 aromatic carbocycles. The summed E-state index contributed by atoms with van der Waals surface area (Å²) in [6, 6.07) is 7.40. The molecule has 1 aliphatic heterocycles. The van der Waals surface area contributed by atoms with E-state index in [2.05, 4.69) is 15.6 Å². The van der Waals surface area contributed by atoms with Crippen molar-refractivity contribution in [3.63, 3.8) is 0 Å². The number of piperidine rings is 1. The third kappa shape index (κ3) is 6.80. The Morgan fingerprint density at radius 1 is 1.31 bits per heavy atom. The Labute approximate surface area is 171 Å². The summed E-state index contributed by atoms with van der Waals surface area (Å²) in [5.74, 6) is 1.86. The largest absolute Gasteiger partial charge is 0.441 e. The number of oxazole rings is 1. The molecule has 0 bridgehead atoms. The number of rotatable bonds is 6. The number of carbonyl (C=O) groups excluding carboxylic acids is 1. The van der Waals surface area contributed by atoms with Gasteiger partial charge in [-0.3, -0.25) is 4.79 Å². The summed E-state index contributed by atoms with van der Waals surface area (Å²) in [6.45, 7) is 2.82. The van der Waals surface area contributed by atoms with Gasteiger partial charge in [0.1, 0.15) is 0 Å². The van der Waals surface area contributed by atoms with E-state index in [1.54, 1.807) is 6.20 Å². The highest BCUT2D eigenvalue weighted by molar-refractivity contribution is 6.30. The fourth-order valence-electron chi connectivity index (χ4n) is 2.84. The first-order chi connectivity index (χ1) is 11.7. The van der Waals surface area contributed by atoms with Crippen LogP contribution in [-0.2, 0) is 11.2 Å². The number of hydrogen-bond donors (Lipinski definition) is 2. The lowest BCUT2D eigenvalue weighted by Crippen LogP contribution is -2.38. The van der Waals surface area contributed by atoms with Crippen LogP contribution in [0.5, 0.6) is 0 Å². The Balaban J connectivity index is 0.00000169. The normalized spacial score (nSPS) is 16.3. The molecule has 2 N–H and O–H groups in total. The zero-order chi connectivity index (χ0) is 16.8. The zero-order valence-electron chi connectivity index (χ0n) is 14.4. The first-order valence-electron chi connectivity index (χ1n) is 8.39. The van der Waals surface area contributed by atoms with E-state index >= 15 is 0 Å². The molecular formula is C18H24Cl3N3O2. The summed E-state index contributed by atoms with van der Waals surface area (Å²) in [5, 5.41) is 7.04. The van der Waals surface area contributed by atoms with Crippen LogP contribution in [0.3, 0.4) is 0 Å². The van der Waals surface area contributed by atoms with Crippen molar-refractivity contribution in [1.29, 1.82) is 0 Å². The van der Waals surface area contributed by atoms with Crippen LogP contribution in [0.2, 0.25) is 5.02 Å². The molecule has 1 fully saturated rings. The van der Waals surface area contributed by atoms with E-state index in [0.717, 1.165) is 25.2 Å². The maximum Gasteiger partial charge on any atom is 0.220 e. The molecule has 1 unspecified atom stereocenters. The number of hydrogen-bond acceptors (Lipinski definition) is 4. The zero-order valence-corrected chi connectivity index (χ0v) is 16.8. The van der Waals surface area contributed by atoms with Crippen LogP contribution in [0.4, 0.5) is 0 Å². The van der Waals surface area contributed by atoms with Crippen molar-refractivity contribution in [2.75, 3.05) is 19.6 Å². The van der Waals surface area contributed by atoms with Crippen molar-refractivity contribution in [3.8, 4) is 11.3 Å². The van der Waals surface area contributed by atoms with Crippen molar-refractivity contribution in [2.45, 2.75) is 25.7 Å². The molecule has 144 valence electrons. The summed E-state index contributed by atoms with van der Waals surface area (Å²) < 4.78 is 5.71. The summed E-state index contributed by atoms with van der Waals surface area (Å²) in [4.78, 5) is 16.2. The van der Waals surface area contributed by atoms with Gasteiger partial charge in [-0.2, -0.15) is 0 Å². The molecule has 0 saturated carbocycles. The van der Waals surface area contributed by atoms with E-state index in [-0.39, 0.29) is 30.7 Å². The molecule has 3 rings (SSSR count). The fourth-order valence-corrected chi connectivity index (χ4v) is 2.96. The highest BCUT2D eigenvalue weighted by Gasteiger charge is 2.14. The molecule has 0 radical (unpaired) electrons. The smallest absolute Gasteiger partial charge is 0.220 e. The maximum atomic E-state index is 12.0. The number of benzene rings is 1. The first kappa shape index (κ1) is 22.8. The average Bonchev–Trinajstić information content (AvgIpc) is 3.09. The van der Waals surface area contributed by atoms with Gasteiger partial charge >= 0.3 is 0 Å². The van der Waals surface area contributed by atoms with Crippen molar-refractivity contribution in [2.24, 2.45) is 5.92 Å². The lowest BCUT2D eigenvalue weighted by molar-refractivity contribution is -0.121. The first-order valence-corrected chi connectivity index (χ1v) is 8.76. The number of nitrogens with zero attached hydrogens (tertiary/aromatic N) is 1. The van der Waals surface area contributed by atoms with Gasteiger partial charge in [0, 0.05) is 30.0 Å². The van der Waals surface area contributed by atoms with Crippen molar-refractivity contribution >= 4 is 42.3 Å². The summed E-state index contributed by atoms with van der Waals surface area (Å²) in [5.41, 5.74) is 0.924. The van der Waals surface area contributed by atoms with Gasteiger partial charge in [-0.1, -0.05) is 11.6 Å². The fraction of sp³-hybridized carbons (Fsp3) is 0.444. The van der Waals surface area contributed by atoms with E-state index in [0.29, 0.717) is 35.4 Å². The van der Waals surface area contributed by atoms with Gasteiger partial charge in [0.25, 0.3) is 0 Å². The molecule has 1 aliphatic rings. The standard InChI is InChI=1S/C18H22ClN3O2.2ClH/c19-15-5-3-14(4-6-15)16-12-22-18(24-16)8-7-17(23)21-11-13-2-1-9-20-10-13;;/h3-6,12-13,20H,1-2,7-11H2,(H,21,23);2*1H. The Hall–Kier alpha value is -1.27. The molecule has 5 nitrogen and oxygen atoms in total. The maximum absolute atomic E-state index is 12.0. The van der Waals surface area contributed by atoms with E-state index in [1.807, 2.05) is 24.3 Å². The summed E-state index contributed by atoms with van der Waals surface area (Å²) >= 11 is 5.88. The predicted octanol–water partition coefficient (Wildman–Crippen LogP) is 3.89. The van der Waals surface area contributed by atoms with Gasteiger partial charge in [-0.15, -0.1) is 24.8 Å². The number of nitrogens with one attached hydrogen (secondary N) is 2. The number of halogens is 3. The average molecular weight is 421 g/mol. The molecule has 8 heteroatoms. The molecule has 1 aromatic heterocycles. The van der Waals surface area contributed by atoms with E-state index in [4.69, 9.17) is 16.0 Å². The number of amides is 1. The molecular weight excluding hydrogens is 397 g/mol. The highest BCUT2D eigenvalue weighted by Crippen LogP contribution is 2.22. The van der Waals surface area contributed by atoms with Gasteiger partial charge in [-0.25, -0.2) is 4.98 Å². The molecule has 0 aliphatic carbocycles. The SMILES string of the molecule is Cl.Cl.O=C(CCc1ncc(-c2ccc(Cl)cc2)o1)NCC1CCCNC1. The predicted molar refractivity (Wildman–Crippen MR) is 108 cm³/mol. The minimum absolute atomic E-state index is 0. The van der Waals surface area contributed by atoms with Crippen LogP contribution in [0.15, 0.2) is 34.9 Å². The van der Waals surface area contributed by atoms with Gasteiger partial charge in [0.05, 0.1) is 6.20 Å². The number of carbonyl (C=O) groups is 1. The monoisotopic (exact) mass is 419 g/mol. The van der Waals surface area contributed by atoms with Gasteiger partial charge in [0.2, 0.25) is 5.91 Å². The van der Waals surface area contributed by atoms with Gasteiger partial charge in [0.15, 0.2) is 11.7 Å². The molecule has 0 spiro atoms. The third-order valence-electron chi connectivity index (χ3n) is 4.24. The second-order valence-electron chi connectivity index (χ2n) is 6.14. The second kappa shape index (κ2) is 11.4. The lowest BCUT2D eigenvalue weighted by Gasteiger charge is -2.22. The Kier molecular flexibility index (Phi) is 10.0. The molecule has 2 aromatic rings. The van der Waals surface area contributed by atoms with E-state index < -0.39 is 0 Å². The Morgan fingerprint density at radius 3 is 2.77 bits per heavy atom. The third-order valence-corrected chi connectivity index (χ3v) is 4.49. The lowest BCUT2D eigenvalue weighted by atomic mass is 10.00. The Morgan fingerprint density at radius 2 is 2.08 bits per heavy atom. The van der Waals surface area contributed by atoms with Crippen LogP contribution in [0.25, 0.3) is 11.3 Å². The van der Waals surface area contributed by atoms with Crippen molar-refractivity contribution < 1.29 is 9.21 Å². The topological polar surface area (TPSA) is 67.2 Å². The van der Waals surface area contributed by atoms with Crippen LogP contribution in [0, 0.1) is 5.92 Å². The van der Waals surface area contributed by atoms with Crippen molar-refractivity contribution in [3.05, 3.63) is 41.4 Å².